The average molecular weight is 178 g/mol. The summed E-state index contributed by atoms with van der Waals surface area (Å²) in [5, 5.41) is 2.08. The van der Waals surface area contributed by atoms with Crippen LogP contribution < -0.4 is 16.2 Å². The lowest BCUT2D eigenvalue weighted by atomic mass is 10.3. The smallest absolute Gasteiger partial charge is 0.0780 e. The first kappa shape index (κ1) is 8.31. The average Bonchev–Trinajstić information content (AvgIpc) is 2.53. The van der Waals surface area contributed by atoms with E-state index in [9.17, 15) is 0 Å². The Bertz CT molecular complexity index is 299. The van der Waals surface area contributed by atoms with Gasteiger partial charge in [0, 0.05) is 18.8 Å². The highest BCUT2D eigenvalue weighted by Gasteiger charge is 2.19. The Kier molecular flexibility index (Phi) is 2.06. The van der Waals surface area contributed by atoms with Crippen LogP contribution >= 0.6 is 0 Å². The SMILES string of the molecule is CC1CCN(c2ccncc2N)N1. The van der Waals surface area contributed by atoms with Crippen LogP contribution in [0.25, 0.3) is 0 Å². The van der Waals surface area contributed by atoms with Crippen molar-refractivity contribution < 1.29 is 0 Å². The van der Waals surface area contributed by atoms with E-state index in [1.807, 2.05) is 6.07 Å². The van der Waals surface area contributed by atoms with Crippen molar-refractivity contribution in [2.24, 2.45) is 0 Å². The molecule has 1 fully saturated rings. The monoisotopic (exact) mass is 178 g/mol. The van der Waals surface area contributed by atoms with E-state index in [4.69, 9.17) is 5.73 Å². The zero-order chi connectivity index (χ0) is 9.26. The molecule has 0 saturated carbocycles. The van der Waals surface area contributed by atoms with E-state index >= 15 is 0 Å². The van der Waals surface area contributed by atoms with Crippen molar-refractivity contribution in [3.8, 4) is 0 Å². The number of nitrogens with one attached hydrogen (secondary N) is 1. The number of nitrogen functional groups attached to an aromatic ring is 1. The van der Waals surface area contributed by atoms with Gasteiger partial charge < -0.3 is 10.7 Å². The van der Waals surface area contributed by atoms with Gasteiger partial charge in [0.1, 0.15) is 0 Å². The molecule has 1 atom stereocenters. The van der Waals surface area contributed by atoms with Crippen molar-refractivity contribution in [3.63, 3.8) is 0 Å². The number of hydrogen-bond acceptors (Lipinski definition) is 4. The number of anilines is 2. The molecule has 1 unspecified atom stereocenters. The van der Waals surface area contributed by atoms with E-state index in [1.54, 1.807) is 12.4 Å². The highest BCUT2D eigenvalue weighted by molar-refractivity contribution is 5.65. The van der Waals surface area contributed by atoms with Crippen LogP contribution in [0.15, 0.2) is 18.5 Å². The summed E-state index contributed by atoms with van der Waals surface area (Å²) in [5.74, 6) is 0. The Morgan fingerprint density at radius 3 is 3.15 bits per heavy atom. The van der Waals surface area contributed by atoms with Crippen LogP contribution in [0.3, 0.4) is 0 Å². The summed E-state index contributed by atoms with van der Waals surface area (Å²) in [6.07, 6.45) is 4.60. The molecule has 2 heterocycles. The minimum absolute atomic E-state index is 0.535. The first-order chi connectivity index (χ1) is 6.27. The van der Waals surface area contributed by atoms with Crippen LogP contribution in [0.2, 0.25) is 0 Å². The van der Waals surface area contributed by atoms with Gasteiger partial charge in [0.15, 0.2) is 0 Å². The van der Waals surface area contributed by atoms with Crippen LogP contribution in [0, 0.1) is 0 Å². The van der Waals surface area contributed by atoms with Crippen molar-refractivity contribution >= 4 is 11.4 Å². The third kappa shape index (κ3) is 1.58. The van der Waals surface area contributed by atoms with Gasteiger partial charge >= 0.3 is 0 Å². The Hall–Kier alpha value is -1.29. The maximum absolute atomic E-state index is 5.80. The number of rotatable bonds is 1. The molecule has 0 aromatic carbocycles. The van der Waals surface area contributed by atoms with Crippen molar-refractivity contribution in [1.29, 1.82) is 0 Å². The van der Waals surface area contributed by atoms with Gasteiger partial charge in [0.05, 0.1) is 17.6 Å². The Balaban J connectivity index is 2.21. The third-order valence-corrected chi connectivity index (χ3v) is 2.28. The molecule has 4 heteroatoms. The van der Waals surface area contributed by atoms with Gasteiger partial charge in [0.2, 0.25) is 0 Å². The number of nitrogens with zero attached hydrogens (tertiary/aromatic N) is 2. The van der Waals surface area contributed by atoms with Crippen LogP contribution in [-0.4, -0.2) is 17.6 Å². The molecule has 4 nitrogen and oxygen atoms in total. The predicted molar refractivity (Wildman–Crippen MR) is 53.2 cm³/mol. The maximum Gasteiger partial charge on any atom is 0.0780 e. The second-order valence-electron chi connectivity index (χ2n) is 3.40. The lowest BCUT2D eigenvalue weighted by Gasteiger charge is -2.20. The molecule has 1 aliphatic rings. The standard InChI is InChI=1S/C9H14N4/c1-7-3-5-13(12-7)9-2-4-11-6-8(9)10/h2,4,6-7,12H,3,5,10H2,1H3. The summed E-state index contributed by atoms with van der Waals surface area (Å²) < 4.78 is 0. The molecule has 0 aliphatic carbocycles. The van der Waals surface area contributed by atoms with E-state index in [2.05, 4.69) is 22.3 Å². The Morgan fingerprint density at radius 2 is 2.54 bits per heavy atom. The largest absolute Gasteiger partial charge is 0.396 e. The molecule has 0 bridgehead atoms. The molecule has 70 valence electrons. The molecule has 0 spiro atoms. The number of aromatic nitrogens is 1. The fourth-order valence-corrected chi connectivity index (χ4v) is 1.55. The molecule has 1 aliphatic heterocycles. The lowest BCUT2D eigenvalue weighted by molar-refractivity contribution is 0.642. The quantitative estimate of drug-likeness (QED) is 0.667. The first-order valence-electron chi connectivity index (χ1n) is 4.50. The molecule has 2 rings (SSSR count). The molecule has 1 aromatic rings. The van der Waals surface area contributed by atoms with Gasteiger partial charge in [-0.1, -0.05) is 0 Å². The van der Waals surface area contributed by atoms with Crippen LogP contribution in [0.4, 0.5) is 11.4 Å². The van der Waals surface area contributed by atoms with E-state index in [1.165, 1.54) is 0 Å². The minimum atomic E-state index is 0.535. The molecule has 0 amide bonds. The van der Waals surface area contributed by atoms with Gasteiger partial charge in [0.25, 0.3) is 0 Å². The second-order valence-corrected chi connectivity index (χ2v) is 3.40. The molecule has 3 N–H and O–H groups in total. The highest BCUT2D eigenvalue weighted by atomic mass is 15.5. The fourth-order valence-electron chi connectivity index (χ4n) is 1.55. The van der Waals surface area contributed by atoms with Crippen molar-refractivity contribution in [2.75, 3.05) is 17.3 Å². The molecular weight excluding hydrogens is 164 g/mol. The Morgan fingerprint density at radius 1 is 1.69 bits per heavy atom. The van der Waals surface area contributed by atoms with Gasteiger partial charge in [-0.3, -0.25) is 4.98 Å². The molecule has 13 heavy (non-hydrogen) atoms. The summed E-state index contributed by atoms with van der Waals surface area (Å²) in [4.78, 5) is 3.96. The molecule has 1 saturated heterocycles. The topological polar surface area (TPSA) is 54.2 Å². The normalized spacial score (nSPS) is 22.2. The van der Waals surface area contributed by atoms with Gasteiger partial charge in [-0.15, -0.1) is 0 Å². The zero-order valence-corrected chi connectivity index (χ0v) is 7.70. The van der Waals surface area contributed by atoms with Crippen molar-refractivity contribution in [3.05, 3.63) is 18.5 Å². The minimum Gasteiger partial charge on any atom is -0.396 e. The summed E-state index contributed by atoms with van der Waals surface area (Å²) in [6, 6.07) is 2.47. The second kappa shape index (κ2) is 3.22. The summed E-state index contributed by atoms with van der Waals surface area (Å²) in [7, 11) is 0. The fraction of sp³-hybridized carbons (Fsp3) is 0.444. The molecule has 0 radical (unpaired) electrons. The number of hydrazine groups is 1. The van der Waals surface area contributed by atoms with E-state index in [0.717, 1.165) is 24.3 Å². The van der Waals surface area contributed by atoms with Crippen LogP contribution in [-0.2, 0) is 0 Å². The summed E-state index contributed by atoms with van der Waals surface area (Å²) in [6.45, 7) is 3.17. The highest BCUT2D eigenvalue weighted by Crippen LogP contribution is 2.22. The van der Waals surface area contributed by atoms with Crippen LogP contribution in [0.1, 0.15) is 13.3 Å². The summed E-state index contributed by atoms with van der Waals surface area (Å²) in [5.41, 5.74) is 10.9. The van der Waals surface area contributed by atoms with Crippen LogP contribution in [0.5, 0.6) is 0 Å². The van der Waals surface area contributed by atoms with Crippen molar-refractivity contribution in [1.82, 2.24) is 10.4 Å². The predicted octanol–water partition coefficient (Wildman–Crippen LogP) is 0.767. The number of pyridine rings is 1. The number of nitrogens with two attached hydrogens (primary N) is 1. The molecular formula is C9H14N4. The van der Waals surface area contributed by atoms with Crippen molar-refractivity contribution in [2.45, 2.75) is 19.4 Å². The van der Waals surface area contributed by atoms with E-state index < -0.39 is 0 Å². The number of hydrogen-bond donors (Lipinski definition) is 2. The van der Waals surface area contributed by atoms with Gasteiger partial charge in [-0.2, -0.15) is 0 Å². The Labute approximate surface area is 77.7 Å². The lowest BCUT2D eigenvalue weighted by Crippen LogP contribution is -2.34. The molecule has 1 aromatic heterocycles. The van der Waals surface area contributed by atoms with E-state index in [-0.39, 0.29) is 0 Å². The van der Waals surface area contributed by atoms with E-state index in [0.29, 0.717) is 6.04 Å². The maximum atomic E-state index is 5.80. The summed E-state index contributed by atoms with van der Waals surface area (Å²) >= 11 is 0. The zero-order valence-electron chi connectivity index (χ0n) is 7.70. The third-order valence-electron chi connectivity index (χ3n) is 2.28. The van der Waals surface area contributed by atoms with Gasteiger partial charge in [-0.25, -0.2) is 5.43 Å². The first-order valence-corrected chi connectivity index (χ1v) is 4.50. The van der Waals surface area contributed by atoms with Gasteiger partial charge in [-0.05, 0) is 19.4 Å².